The fourth-order valence-electron chi connectivity index (χ4n) is 2.42. The molecule has 0 bridgehead atoms. The smallest absolute Gasteiger partial charge is 0.322 e. The van der Waals surface area contributed by atoms with Crippen LogP contribution in [0.2, 0.25) is 0 Å². The zero-order valence-electron chi connectivity index (χ0n) is 13.8. The van der Waals surface area contributed by atoms with Gasteiger partial charge in [0, 0.05) is 18.8 Å². The number of piperazine rings is 1. The standard InChI is InChI=1S/C17H23N3O4/c1-2-3-11-24-15(21)12-14-16(22)18-9-10-20(14)17(23)19-13-7-5-4-6-8-13/h4-8,14H,2-3,9-12H2,1H3,(H,18,22)(H,19,23)/t14-/m0/s1. The van der Waals surface area contributed by atoms with Crippen molar-refractivity contribution in [3.8, 4) is 0 Å². The molecule has 1 aromatic rings. The number of carbonyl (C=O) groups is 3. The van der Waals surface area contributed by atoms with Crippen molar-refractivity contribution in [3.63, 3.8) is 0 Å². The minimum Gasteiger partial charge on any atom is -0.466 e. The number of unbranched alkanes of at least 4 members (excludes halogenated alkanes) is 1. The molecule has 130 valence electrons. The van der Waals surface area contributed by atoms with Gasteiger partial charge in [0.15, 0.2) is 0 Å². The van der Waals surface area contributed by atoms with Crippen LogP contribution < -0.4 is 10.6 Å². The molecule has 0 radical (unpaired) electrons. The van der Waals surface area contributed by atoms with Crippen LogP contribution >= 0.6 is 0 Å². The van der Waals surface area contributed by atoms with Crippen LogP contribution in [0.25, 0.3) is 0 Å². The number of hydrogen-bond donors (Lipinski definition) is 2. The molecule has 24 heavy (non-hydrogen) atoms. The molecule has 0 saturated carbocycles. The average Bonchev–Trinajstić information content (AvgIpc) is 2.58. The van der Waals surface area contributed by atoms with Gasteiger partial charge in [-0.3, -0.25) is 9.59 Å². The van der Waals surface area contributed by atoms with E-state index in [0.29, 0.717) is 25.4 Å². The number of ether oxygens (including phenoxy) is 1. The molecule has 0 aliphatic carbocycles. The third kappa shape index (κ3) is 4.97. The predicted molar refractivity (Wildman–Crippen MR) is 89.4 cm³/mol. The average molecular weight is 333 g/mol. The first-order chi connectivity index (χ1) is 11.6. The second kappa shape index (κ2) is 8.90. The number of amides is 3. The lowest BCUT2D eigenvalue weighted by atomic mass is 10.1. The molecule has 3 amide bonds. The highest BCUT2D eigenvalue weighted by molar-refractivity contribution is 5.96. The summed E-state index contributed by atoms with van der Waals surface area (Å²) in [6.07, 6.45) is 1.56. The van der Waals surface area contributed by atoms with Gasteiger partial charge in [-0.2, -0.15) is 0 Å². The minimum absolute atomic E-state index is 0.141. The number of nitrogens with zero attached hydrogens (tertiary/aromatic N) is 1. The van der Waals surface area contributed by atoms with E-state index in [1.165, 1.54) is 4.90 Å². The molecule has 1 aromatic carbocycles. The SMILES string of the molecule is CCCCOC(=O)C[C@H]1C(=O)NCCN1C(=O)Nc1ccccc1. The molecule has 0 unspecified atom stereocenters. The lowest BCUT2D eigenvalue weighted by Gasteiger charge is -2.34. The largest absolute Gasteiger partial charge is 0.466 e. The molecule has 1 atom stereocenters. The topological polar surface area (TPSA) is 87.7 Å². The van der Waals surface area contributed by atoms with Crippen LogP contribution in [-0.4, -0.2) is 48.5 Å². The van der Waals surface area contributed by atoms with Crippen LogP contribution in [0.4, 0.5) is 10.5 Å². The summed E-state index contributed by atoms with van der Waals surface area (Å²) in [5.74, 6) is -0.806. The zero-order valence-corrected chi connectivity index (χ0v) is 13.8. The molecule has 1 heterocycles. The number of anilines is 1. The van der Waals surface area contributed by atoms with Gasteiger partial charge >= 0.3 is 12.0 Å². The number of nitrogens with one attached hydrogen (secondary N) is 2. The fraction of sp³-hybridized carbons (Fsp3) is 0.471. The van der Waals surface area contributed by atoms with Crippen LogP contribution in [-0.2, 0) is 14.3 Å². The monoisotopic (exact) mass is 333 g/mol. The third-order valence-corrected chi connectivity index (χ3v) is 3.74. The summed E-state index contributed by atoms with van der Waals surface area (Å²) in [5.41, 5.74) is 0.637. The quantitative estimate of drug-likeness (QED) is 0.613. The summed E-state index contributed by atoms with van der Waals surface area (Å²) in [6, 6.07) is 7.73. The van der Waals surface area contributed by atoms with Gasteiger partial charge in [-0.1, -0.05) is 31.5 Å². The third-order valence-electron chi connectivity index (χ3n) is 3.74. The highest BCUT2D eigenvalue weighted by Gasteiger charge is 2.35. The molecule has 1 aliphatic heterocycles. The van der Waals surface area contributed by atoms with Crippen molar-refractivity contribution in [3.05, 3.63) is 30.3 Å². The number of para-hydroxylation sites is 1. The van der Waals surface area contributed by atoms with Crippen molar-refractivity contribution in [1.82, 2.24) is 10.2 Å². The molecule has 1 saturated heterocycles. The molecule has 1 fully saturated rings. The van der Waals surface area contributed by atoms with Crippen molar-refractivity contribution in [2.24, 2.45) is 0 Å². The van der Waals surface area contributed by atoms with E-state index in [1.807, 2.05) is 13.0 Å². The van der Waals surface area contributed by atoms with E-state index in [2.05, 4.69) is 10.6 Å². The van der Waals surface area contributed by atoms with Gasteiger partial charge in [0.05, 0.1) is 13.0 Å². The van der Waals surface area contributed by atoms with Gasteiger partial charge in [0.25, 0.3) is 0 Å². The lowest BCUT2D eigenvalue weighted by molar-refractivity contribution is -0.147. The van der Waals surface area contributed by atoms with E-state index >= 15 is 0 Å². The maximum atomic E-state index is 12.4. The number of rotatable bonds is 6. The zero-order chi connectivity index (χ0) is 17.4. The van der Waals surface area contributed by atoms with E-state index in [-0.39, 0.29) is 12.3 Å². The Kier molecular flexibility index (Phi) is 6.60. The summed E-state index contributed by atoms with van der Waals surface area (Å²) >= 11 is 0. The molecule has 2 rings (SSSR count). The molecule has 0 spiro atoms. The second-order valence-corrected chi connectivity index (χ2v) is 5.57. The van der Waals surface area contributed by atoms with E-state index in [0.717, 1.165) is 12.8 Å². The molecular formula is C17H23N3O4. The van der Waals surface area contributed by atoms with Crippen molar-refractivity contribution in [2.75, 3.05) is 25.0 Å². The normalized spacial score (nSPS) is 17.1. The summed E-state index contributed by atoms with van der Waals surface area (Å²) in [4.78, 5) is 37.8. The van der Waals surface area contributed by atoms with Crippen molar-refractivity contribution < 1.29 is 19.1 Å². The molecule has 0 aromatic heterocycles. The Balaban J connectivity index is 1.98. The van der Waals surface area contributed by atoms with Crippen molar-refractivity contribution >= 4 is 23.6 Å². The molecule has 7 nitrogen and oxygen atoms in total. The van der Waals surface area contributed by atoms with Gasteiger partial charge in [-0.25, -0.2) is 4.79 Å². The Morgan fingerprint density at radius 3 is 2.79 bits per heavy atom. The number of benzene rings is 1. The lowest BCUT2D eigenvalue weighted by Crippen LogP contribution is -2.58. The molecule has 1 aliphatic rings. The second-order valence-electron chi connectivity index (χ2n) is 5.57. The maximum absolute atomic E-state index is 12.4. The van der Waals surface area contributed by atoms with Crippen LogP contribution in [0.3, 0.4) is 0 Å². The number of urea groups is 1. The number of hydrogen-bond acceptors (Lipinski definition) is 4. The van der Waals surface area contributed by atoms with Crippen LogP contribution in [0.1, 0.15) is 26.2 Å². The van der Waals surface area contributed by atoms with E-state index in [9.17, 15) is 14.4 Å². The van der Waals surface area contributed by atoms with Crippen molar-refractivity contribution in [1.29, 1.82) is 0 Å². The summed E-state index contributed by atoms with van der Waals surface area (Å²) in [5, 5.41) is 5.43. The van der Waals surface area contributed by atoms with Crippen LogP contribution in [0.15, 0.2) is 30.3 Å². The van der Waals surface area contributed by atoms with Crippen molar-refractivity contribution in [2.45, 2.75) is 32.2 Å². The highest BCUT2D eigenvalue weighted by Crippen LogP contribution is 2.14. The Morgan fingerprint density at radius 2 is 2.08 bits per heavy atom. The summed E-state index contributed by atoms with van der Waals surface area (Å²) in [7, 11) is 0. The number of esters is 1. The highest BCUT2D eigenvalue weighted by atomic mass is 16.5. The Morgan fingerprint density at radius 1 is 1.33 bits per heavy atom. The maximum Gasteiger partial charge on any atom is 0.322 e. The molecule has 2 N–H and O–H groups in total. The molecule has 7 heteroatoms. The summed E-state index contributed by atoms with van der Waals surface area (Å²) < 4.78 is 5.10. The van der Waals surface area contributed by atoms with E-state index < -0.39 is 18.0 Å². The Hall–Kier alpha value is -2.57. The first kappa shape index (κ1) is 17.8. The Bertz CT molecular complexity index is 576. The van der Waals surface area contributed by atoms with Crippen LogP contribution in [0, 0.1) is 0 Å². The fourth-order valence-corrected chi connectivity index (χ4v) is 2.42. The number of carbonyl (C=O) groups excluding carboxylic acids is 3. The van der Waals surface area contributed by atoms with E-state index in [1.54, 1.807) is 24.3 Å². The molecular weight excluding hydrogens is 310 g/mol. The van der Waals surface area contributed by atoms with Gasteiger partial charge in [-0.15, -0.1) is 0 Å². The van der Waals surface area contributed by atoms with Crippen LogP contribution in [0.5, 0.6) is 0 Å². The van der Waals surface area contributed by atoms with E-state index in [4.69, 9.17) is 4.74 Å². The summed E-state index contributed by atoms with van der Waals surface area (Å²) in [6.45, 7) is 3.04. The Labute approximate surface area is 141 Å². The van der Waals surface area contributed by atoms with Gasteiger partial charge in [-0.05, 0) is 18.6 Å². The van der Waals surface area contributed by atoms with Gasteiger partial charge < -0.3 is 20.3 Å². The first-order valence-electron chi connectivity index (χ1n) is 8.18. The minimum atomic E-state index is -0.850. The van der Waals surface area contributed by atoms with Gasteiger partial charge in [0.1, 0.15) is 6.04 Å². The van der Waals surface area contributed by atoms with Gasteiger partial charge in [0.2, 0.25) is 5.91 Å². The first-order valence-corrected chi connectivity index (χ1v) is 8.18. The predicted octanol–water partition coefficient (Wildman–Crippen LogP) is 1.75.